The SMILES string of the molecule is Cc1ccc2c(C=O)cccc2c1C=O. The first kappa shape index (κ1) is 9.59. The molecule has 0 atom stereocenters. The molecule has 0 N–H and O–H groups in total. The first-order valence-electron chi connectivity index (χ1n) is 4.70. The molecule has 0 aliphatic heterocycles. The predicted octanol–water partition coefficient (Wildman–Crippen LogP) is 2.77. The maximum absolute atomic E-state index is 11.0. The molecule has 15 heavy (non-hydrogen) atoms. The molecule has 2 heteroatoms. The van der Waals surface area contributed by atoms with E-state index in [1.807, 2.05) is 25.1 Å². The van der Waals surface area contributed by atoms with Crippen LogP contribution in [0, 0.1) is 6.92 Å². The van der Waals surface area contributed by atoms with E-state index in [1.165, 1.54) is 0 Å². The van der Waals surface area contributed by atoms with Crippen molar-refractivity contribution in [1.29, 1.82) is 0 Å². The van der Waals surface area contributed by atoms with Crippen molar-refractivity contribution >= 4 is 23.3 Å². The summed E-state index contributed by atoms with van der Waals surface area (Å²) in [5.41, 5.74) is 2.22. The maximum Gasteiger partial charge on any atom is 0.150 e. The maximum atomic E-state index is 11.0. The van der Waals surface area contributed by atoms with Crippen LogP contribution in [-0.4, -0.2) is 12.6 Å². The molecule has 2 aromatic carbocycles. The zero-order valence-electron chi connectivity index (χ0n) is 8.36. The third-order valence-electron chi connectivity index (χ3n) is 2.60. The molecule has 2 aromatic rings. The fourth-order valence-electron chi connectivity index (χ4n) is 1.77. The highest BCUT2D eigenvalue weighted by Gasteiger charge is 2.05. The Morgan fingerprint density at radius 2 is 1.73 bits per heavy atom. The Balaban J connectivity index is 2.94. The fourth-order valence-corrected chi connectivity index (χ4v) is 1.77. The Labute approximate surface area is 87.5 Å². The summed E-state index contributed by atoms with van der Waals surface area (Å²) < 4.78 is 0. The van der Waals surface area contributed by atoms with Crippen molar-refractivity contribution in [3.8, 4) is 0 Å². The van der Waals surface area contributed by atoms with Gasteiger partial charge in [0.1, 0.15) is 0 Å². The number of carbonyl (C=O) groups excluding carboxylic acids is 2. The fraction of sp³-hybridized carbons (Fsp3) is 0.0769. The number of hydrogen-bond donors (Lipinski definition) is 0. The van der Waals surface area contributed by atoms with Crippen LogP contribution in [0.25, 0.3) is 10.8 Å². The summed E-state index contributed by atoms with van der Waals surface area (Å²) >= 11 is 0. The summed E-state index contributed by atoms with van der Waals surface area (Å²) in [6.07, 6.45) is 1.65. The van der Waals surface area contributed by atoms with E-state index in [0.29, 0.717) is 11.1 Å². The van der Waals surface area contributed by atoms with Crippen molar-refractivity contribution in [2.24, 2.45) is 0 Å². The van der Waals surface area contributed by atoms with Gasteiger partial charge in [0.15, 0.2) is 12.6 Å². The van der Waals surface area contributed by atoms with E-state index in [2.05, 4.69) is 0 Å². The van der Waals surface area contributed by atoms with Gasteiger partial charge in [-0.05, 0) is 23.3 Å². The van der Waals surface area contributed by atoms with Crippen LogP contribution in [-0.2, 0) is 0 Å². The molecule has 2 nitrogen and oxygen atoms in total. The van der Waals surface area contributed by atoms with E-state index < -0.39 is 0 Å². The van der Waals surface area contributed by atoms with Gasteiger partial charge in [0, 0.05) is 11.1 Å². The topological polar surface area (TPSA) is 34.1 Å². The predicted molar refractivity (Wildman–Crippen MR) is 59.5 cm³/mol. The van der Waals surface area contributed by atoms with Crippen molar-refractivity contribution in [3.05, 3.63) is 47.0 Å². The van der Waals surface area contributed by atoms with Gasteiger partial charge >= 0.3 is 0 Å². The molecule has 0 fully saturated rings. The minimum atomic E-state index is 0.621. The Bertz CT molecular complexity index is 541. The molecule has 0 aromatic heterocycles. The highest BCUT2D eigenvalue weighted by atomic mass is 16.1. The average Bonchev–Trinajstić information content (AvgIpc) is 2.28. The molecule has 0 aliphatic rings. The number of benzene rings is 2. The summed E-state index contributed by atoms with van der Waals surface area (Å²) in [5.74, 6) is 0. The number of carbonyl (C=O) groups is 2. The first-order valence-corrected chi connectivity index (χ1v) is 4.70. The van der Waals surface area contributed by atoms with Crippen LogP contribution in [0.15, 0.2) is 30.3 Å². The Hall–Kier alpha value is -1.96. The second-order valence-electron chi connectivity index (χ2n) is 3.47. The van der Waals surface area contributed by atoms with E-state index in [9.17, 15) is 9.59 Å². The van der Waals surface area contributed by atoms with Crippen molar-refractivity contribution in [1.82, 2.24) is 0 Å². The number of aldehydes is 2. The molecule has 0 unspecified atom stereocenters. The van der Waals surface area contributed by atoms with Crippen molar-refractivity contribution in [2.45, 2.75) is 6.92 Å². The van der Waals surface area contributed by atoms with Gasteiger partial charge in [0.25, 0.3) is 0 Å². The third-order valence-corrected chi connectivity index (χ3v) is 2.60. The lowest BCUT2D eigenvalue weighted by atomic mass is 9.98. The van der Waals surface area contributed by atoms with Gasteiger partial charge in [0.05, 0.1) is 0 Å². The summed E-state index contributed by atoms with van der Waals surface area (Å²) in [5, 5.41) is 1.68. The van der Waals surface area contributed by atoms with Gasteiger partial charge in [-0.15, -0.1) is 0 Å². The quantitative estimate of drug-likeness (QED) is 0.695. The number of aryl methyl sites for hydroxylation is 1. The van der Waals surface area contributed by atoms with Crippen molar-refractivity contribution < 1.29 is 9.59 Å². The van der Waals surface area contributed by atoms with Crippen LogP contribution in [0.5, 0.6) is 0 Å². The number of fused-ring (bicyclic) bond motifs is 1. The molecule has 0 aliphatic carbocycles. The second kappa shape index (κ2) is 3.65. The Morgan fingerprint density at radius 3 is 2.40 bits per heavy atom. The third kappa shape index (κ3) is 1.44. The summed E-state index contributed by atoms with van der Waals surface area (Å²) in [7, 11) is 0. The first-order chi connectivity index (χ1) is 7.27. The van der Waals surface area contributed by atoms with Gasteiger partial charge < -0.3 is 0 Å². The van der Waals surface area contributed by atoms with Gasteiger partial charge in [-0.25, -0.2) is 0 Å². The molecule has 2 rings (SSSR count). The molecule has 0 amide bonds. The monoisotopic (exact) mass is 198 g/mol. The van der Waals surface area contributed by atoms with Gasteiger partial charge in [-0.3, -0.25) is 9.59 Å². The van der Waals surface area contributed by atoms with E-state index in [4.69, 9.17) is 0 Å². The molecular formula is C13H10O2. The minimum Gasteiger partial charge on any atom is -0.298 e. The zero-order valence-corrected chi connectivity index (χ0v) is 8.36. The lowest BCUT2D eigenvalue weighted by molar-refractivity contribution is 0.111. The Kier molecular flexibility index (Phi) is 2.34. The smallest absolute Gasteiger partial charge is 0.150 e. The van der Waals surface area contributed by atoms with Crippen LogP contribution in [0.1, 0.15) is 26.3 Å². The standard InChI is InChI=1S/C13H10O2/c1-9-5-6-11-10(7-14)3-2-4-12(11)13(9)8-15/h2-8H,1H3. The number of hydrogen-bond acceptors (Lipinski definition) is 2. The molecule has 0 heterocycles. The molecule has 74 valence electrons. The lowest BCUT2D eigenvalue weighted by Crippen LogP contribution is -1.91. The second-order valence-corrected chi connectivity index (χ2v) is 3.47. The van der Waals surface area contributed by atoms with Gasteiger partial charge in [-0.2, -0.15) is 0 Å². The molecule has 0 saturated carbocycles. The van der Waals surface area contributed by atoms with Crippen LogP contribution in [0.2, 0.25) is 0 Å². The average molecular weight is 198 g/mol. The van der Waals surface area contributed by atoms with E-state index in [-0.39, 0.29) is 0 Å². The highest BCUT2D eigenvalue weighted by molar-refractivity contribution is 6.05. The van der Waals surface area contributed by atoms with Crippen molar-refractivity contribution in [2.75, 3.05) is 0 Å². The molecule has 0 bridgehead atoms. The number of rotatable bonds is 2. The van der Waals surface area contributed by atoms with E-state index in [1.54, 1.807) is 12.1 Å². The van der Waals surface area contributed by atoms with Crippen LogP contribution in [0.4, 0.5) is 0 Å². The normalized spacial score (nSPS) is 10.2. The summed E-state index contributed by atoms with van der Waals surface area (Å²) in [4.78, 5) is 21.8. The zero-order chi connectivity index (χ0) is 10.8. The van der Waals surface area contributed by atoms with Crippen molar-refractivity contribution in [3.63, 3.8) is 0 Å². The van der Waals surface area contributed by atoms with Crippen LogP contribution < -0.4 is 0 Å². The molecule has 0 radical (unpaired) electrons. The largest absolute Gasteiger partial charge is 0.298 e. The molecule has 0 spiro atoms. The van der Waals surface area contributed by atoms with Gasteiger partial charge in [0.2, 0.25) is 0 Å². The molecular weight excluding hydrogens is 188 g/mol. The Morgan fingerprint density at radius 1 is 0.933 bits per heavy atom. The summed E-state index contributed by atoms with van der Waals surface area (Å²) in [6.45, 7) is 1.89. The van der Waals surface area contributed by atoms with E-state index >= 15 is 0 Å². The van der Waals surface area contributed by atoms with Gasteiger partial charge in [-0.1, -0.05) is 30.3 Å². The lowest BCUT2D eigenvalue weighted by Gasteiger charge is -2.05. The molecule has 0 saturated heterocycles. The van der Waals surface area contributed by atoms with Crippen LogP contribution >= 0.6 is 0 Å². The summed E-state index contributed by atoms with van der Waals surface area (Å²) in [6, 6.07) is 9.14. The van der Waals surface area contributed by atoms with Crippen LogP contribution in [0.3, 0.4) is 0 Å². The highest BCUT2D eigenvalue weighted by Crippen LogP contribution is 2.23. The van der Waals surface area contributed by atoms with E-state index in [0.717, 1.165) is 28.9 Å². The minimum absolute atomic E-state index is 0.621.